The molecule has 2 aliphatic rings. The Balaban J connectivity index is 2.05. The van der Waals surface area contributed by atoms with Crippen molar-refractivity contribution < 1.29 is 18.7 Å². The molecule has 0 aromatic heterocycles. The number of alkyl halides is 2. The highest BCUT2D eigenvalue weighted by molar-refractivity contribution is 5.90. The Kier molecular flexibility index (Phi) is 3.11. The third-order valence-corrected chi connectivity index (χ3v) is 4.22. The summed E-state index contributed by atoms with van der Waals surface area (Å²) in [6, 6.07) is 3.38. The van der Waals surface area contributed by atoms with Gasteiger partial charge in [-0.3, -0.25) is 0 Å². The predicted molar refractivity (Wildman–Crippen MR) is 72.2 cm³/mol. The monoisotopic (exact) mass is 278 g/mol. The van der Waals surface area contributed by atoms with Gasteiger partial charge < -0.3 is 5.11 Å². The maximum atomic E-state index is 13.2. The van der Waals surface area contributed by atoms with Gasteiger partial charge >= 0.3 is 5.97 Å². The fourth-order valence-corrected chi connectivity index (χ4v) is 3.15. The van der Waals surface area contributed by atoms with Crippen LogP contribution in [-0.4, -0.2) is 17.0 Å². The fourth-order valence-electron chi connectivity index (χ4n) is 3.15. The summed E-state index contributed by atoms with van der Waals surface area (Å²) in [5.41, 5.74) is 4.26. The Morgan fingerprint density at radius 3 is 2.65 bits per heavy atom. The van der Waals surface area contributed by atoms with Crippen LogP contribution in [-0.2, 0) is 12.8 Å². The first-order chi connectivity index (χ1) is 9.46. The molecule has 0 fully saturated rings. The zero-order valence-electron chi connectivity index (χ0n) is 11.1. The highest BCUT2D eigenvalue weighted by Gasteiger charge is 2.32. The van der Waals surface area contributed by atoms with Gasteiger partial charge in [-0.15, -0.1) is 0 Å². The second kappa shape index (κ2) is 4.69. The van der Waals surface area contributed by atoms with E-state index in [1.807, 2.05) is 0 Å². The number of rotatable bonds is 2. The van der Waals surface area contributed by atoms with E-state index in [0.29, 0.717) is 6.42 Å². The van der Waals surface area contributed by atoms with E-state index in [-0.39, 0.29) is 18.4 Å². The molecule has 106 valence electrons. The van der Waals surface area contributed by atoms with Crippen LogP contribution in [0.15, 0.2) is 18.2 Å². The Morgan fingerprint density at radius 2 is 2.00 bits per heavy atom. The third-order valence-electron chi connectivity index (χ3n) is 4.22. The topological polar surface area (TPSA) is 37.3 Å². The molecule has 0 heterocycles. The second-order valence-corrected chi connectivity index (χ2v) is 5.61. The van der Waals surface area contributed by atoms with Gasteiger partial charge in [0.25, 0.3) is 5.92 Å². The van der Waals surface area contributed by atoms with Gasteiger partial charge in [0.05, 0.1) is 5.56 Å². The number of hydrogen-bond acceptors (Lipinski definition) is 1. The van der Waals surface area contributed by atoms with Crippen LogP contribution in [0.4, 0.5) is 8.78 Å². The van der Waals surface area contributed by atoms with E-state index in [4.69, 9.17) is 0 Å². The van der Waals surface area contributed by atoms with Crippen LogP contribution < -0.4 is 0 Å². The van der Waals surface area contributed by atoms with Crippen LogP contribution in [0, 0.1) is 0 Å². The standard InChI is InChI=1S/C16H16F2O2/c17-16(18)6-4-10(5-7-16)14-9-12(15(19)20)8-11-2-1-3-13(11)14/h4,8-9H,1-3,5-7H2,(H,19,20). The zero-order chi connectivity index (χ0) is 14.3. The van der Waals surface area contributed by atoms with Crippen LogP contribution in [0.2, 0.25) is 0 Å². The van der Waals surface area contributed by atoms with E-state index in [1.165, 1.54) is 0 Å². The van der Waals surface area contributed by atoms with Crippen LogP contribution in [0.25, 0.3) is 5.57 Å². The molecule has 0 radical (unpaired) electrons. The quantitative estimate of drug-likeness (QED) is 0.885. The van der Waals surface area contributed by atoms with Crippen molar-refractivity contribution in [2.24, 2.45) is 0 Å². The molecule has 0 amide bonds. The Labute approximate surface area is 116 Å². The minimum Gasteiger partial charge on any atom is -0.478 e. The van der Waals surface area contributed by atoms with E-state index in [0.717, 1.165) is 41.5 Å². The molecule has 0 unspecified atom stereocenters. The third kappa shape index (κ3) is 2.35. The van der Waals surface area contributed by atoms with E-state index in [1.54, 1.807) is 18.2 Å². The summed E-state index contributed by atoms with van der Waals surface area (Å²) >= 11 is 0. The number of carboxylic acids is 1. The largest absolute Gasteiger partial charge is 0.478 e. The summed E-state index contributed by atoms with van der Waals surface area (Å²) < 4.78 is 26.5. The molecule has 4 heteroatoms. The first kappa shape index (κ1) is 13.3. The minimum atomic E-state index is -2.61. The van der Waals surface area contributed by atoms with Crippen molar-refractivity contribution in [3.63, 3.8) is 0 Å². The Hall–Kier alpha value is -1.71. The summed E-state index contributed by atoms with van der Waals surface area (Å²) in [7, 11) is 0. The average molecular weight is 278 g/mol. The molecule has 20 heavy (non-hydrogen) atoms. The van der Waals surface area contributed by atoms with Crippen molar-refractivity contribution in [1.29, 1.82) is 0 Å². The number of aromatic carboxylic acids is 1. The van der Waals surface area contributed by atoms with Gasteiger partial charge in [0.15, 0.2) is 0 Å². The molecular weight excluding hydrogens is 262 g/mol. The molecule has 1 N–H and O–H groups in total. The van der Waals surface area contributed by atoms with Crippen molar-refractivity contribution in [1.82, 2.24) is 0 Å². The molecule has 0 bridgehead atoms. The predicted octanol–water partition coefficient (Wildman–Crippen LogP) is 4.08. The van der Waals surface area contributed by atoms with E-state index in [9.17, 15) is 18.7 Å². The molecule has 0 saturated carbocycles. The van der Waals surface area contributed by atoms with Gasteiger partial charge in [-0.25, -0.2) is 13.6 Å². The lowest BCUT2D eigenvalue weighted by Crippen LogP contribution is -2.18. The van der Waals surface area contributed by atoms with Crippen LogP contribution in [0.5, 0.6) is 0 Å². The number of hydrogen-bond donors (Lipinski definition) is 1. The van der Waals surface area contributed by atoms with Gasteiger partial charge in [-0.05, 0) is 60.1 Å². The maximum Gasteiger partial charge on any atom is 0.335 e. The molecule has 1 aromatic carbocycles. The van der Waals surface area contributed by atoms with Crippen LogP contribution in [0.3, 0.4) is 0 Å². The van der Waals surface area contributed by atoms with Crippen LogP contribution in [0.1, 0.15) is 52.7 Å². The van der Waals surface area contributed by atoms with Gasteiger partial charge in [0.2, 0.25) is 0 Å². The second-order valence-electron chi connectivity index (χ2n) is 5.61. The van der Waals surface area contributed by atoms with E-state index in [2.05, 4.69) is 0 Å². The number of carboxylic acid groups (broad SMARTS) is 1. The van der Waals surface area contributed by atoms with E-state index < -0.39 is 11.9 Å². The van der Waals surface area contributed by atoms with Crippen molar-refractivity contribution in [3.05, 3.63) is 40.5 Å². The van der Waals surface area contributed by atoms with Gasteiger partial charge in [0, 0.05) is 12.8 Å². The Bertz CT molecular complexity index is 603. The minimum absolute atomic E-state index is 0.148. The summed E-state index contributed by atoms with van der Waals surface area (Å²) in [5, 5.41) is 9.18. The zero-order valence-corrected chi connectivity index (χ0v) is 11.1. The molecule has 2 nitrogen and oxygen atoms in total. The van der Waals surface area contributed by atoms with Crippen molar-refractivity contribution in [2.45, 2.75) is 44.4 Å². The molecule has 3 rings (SSSR count). The van der Waals surface area contributed by atoms with Crippen molar-refractivity contribution in [3.8, 4) is 0 Å². The van der Waals surface area contributed by atoms with Gasteiger partial charge in [-0.1, -0.05) is 6.08 Å². The maximum absolute atomic E-state index is 13.2. The first-order valence-electron chi connectivity index (χ1n) is 6.93. The number of benzene rings is 1. The SMILES string of the molecule is O=C(O)c1cc2c(c(C3=CCC(F)(F)CC3)c1)CCC2. The number of aryl methyl sites for hydroxylation is 1. The molecule has 1 aromatic rings. The summed E-state index contributed by atoms with van der Waals surface area (Å²) in [4.78, 5) is 11.2. The smallest absolute Gasteiger partial charge is 0.335 e. The summed E-state index contributed by atoms with van der Waals surface area (Å²) in [6.07, 6.45) is 4.32. The normalized spacial score (nSPS) is 20.4. The first-order valence-corrected chi connectivity index (χ1v) is 6.93. The number of allylic oxidation sites excluding steroid dienone is 2. The van der Waals surface area contributed by atoms with Crippen molar-refractivity contribution >= 4 is 11.5 Å². The summed E-state index contributed by atoms with van der Waals surface area (Å²) in [5.74, 6) is -3.57. The lowest BCUT2D eigenvalue weighted by atomic mass is 9.87. The molecule has 0 spiro atoms. The van der Waals surface area contributed by atoms with E-state index >= 15 is 0 Å². The summed E-state index contributed by atoms with van der Waals surface area (Å²) in [6.45, 7) is 0. The van der Waals surface area contributed by atoms with Gasteiger partial charge in [-0.2, -0.15) is 0 Å². The fraction of sp³-hybridized carbons (Fsp3) is 0.438. The molecular formula is C16H16F2O2. The Morgan fingerprint density at radius 1 is 1.20 bits per heavy atom. The molecule has 0 aliphatic heterocycles. The van der Waals surface area contributed by atoms with Crippen molar-refractivity contribution in [2.75, 3.05) is 0 Å². The lowest BCUT2D eigenvalue weighted by molar-refractivity contribution is -0.00604. The highest BCUT2D eigenvalue weighted by Crippen LogP contribution is 2.39. The molecule has 0 saturated heterocycles. The lowest BCUT2D eigenvalue weighted by Gasteiger charge is -2.23. The number of fused-ring (bicyclic) bond motifs is 1. The number of carbonyl (C=O) groups is 1. The number of halogens is 2. The average Bonchev–Trinajstić information content (AvgIpc) is 2.85. The van der Waals surface area contributed by atoms with Crippen LogP contribution >= 0.6 is 0 Å². The molecule has 0 atom stereocenters. The van der Waals surface area contributed by atoms with Gasteiger partial charge in [0.1, 0.15) is 0 Å². The highest BCUT2D eigenvalue weighted by atomic mass is 19.3. The molecule has 2 aliphatic carbocycles.